The molecule has 32 heteroatoms. The van der Waals surface area contributed by atoms with E-state index in [1.54, 1.807) is 36.9 Å². The molecule has 0 fully saturated rings. The summed E-state index contributed by atoms with van der Waals surface area (Å²) < 4.78 is 178. The van der Waals surface area contributed by atoms with Crippen LogP contribution in [-0.4, -0.2) is 44.0 Å². The predicted octanol–water partition coefficient (Wildman–Crippen LogP) is 17.8. The van der Waals surface area contributed by atoms with E-state index >= 15 is 0 Å². The van der Waals surface area contributed by atoms with Crippen LogP contribution in [0.15, 0.2) is 134 Å². The molecular formula is C36H34CrF18N10P3. The van der Waals surface area contributed by atoms with Gasteiger partial charge in [0.05, 0.1) is 34.9 Å². The smallest absolute Gasteiger partial charge is 0.255 e. The van der Waals surface area contributed by atoms with Crippen molar-refractivity contribution >= 4 is 46.7 Å². The molecule has 6 rings (SSSR count). The van der Waals surface area contributed by atoms with Crippen LogP contribution in [0.25, 0.3) is 22.8 Å². The molecule has 6 aromatic heterocycles. The Labute approximate surface area is 385 Å². The minimum Gasteiger partial charge on any atom is -0.255 e. The third-order valence-corrected chi connectivity index (χ3v) is 6.00. The fourth-order valence-corrected chi connectivity index (χ4v) is 3.87. The van der Waals surface area contributed by atoms with Crippen molar-refractivity contribution in [1.82, 2.24) is 29.9 Å². The Kier molecular flexibility index (Phi) is 21.2. The van der Waals surface area contributed by atoms with Crippen LogP contribution in [0, 0.1) is 22.7 Å². The minimum absolute atomic E-state index is 0. The van der Waals surface area contributed by atoms with Crippen LogP contribution in [0.3, 0.4) is 0 Å². The average Bonchev–Trinajstić information content (AvgIpc) is 3.19. The first-order valence-corrected chi connectivity index (χ1v) is 23.3. The number of nitrogens with zero attached hydrogens (tertiary/aromatic N) is 10. The predicted molar refractivity (Wildman–Crippen MR) is 223 cm³/mol. The molecule has 375 valence electrons. The second kappa shape index (κ2) is 22.4. The van der Waals surface area contributed by atoms with Gasteiger partial charge in [-0.15, -0.1) is 0 Å². The van der Waals surface area contributed by atoms with Crippen LogP contribution >= 0.6 is 23.4 Å². The van der Waals surface area contributed by atoms with Gasteiger partial charge in [0.1, 0.15) is 23.3 Å². The van der Waals surface area contributed by atoms with Crippen LogP contribution in [0.5, 0.6) is 0 Å². The first-order valence-electron chi connectivity index (χ1n) is 17.2. The summed E-state index contributed by atoms with van der Waals surface area (Å²) in [4.78, 5) is 30.5. The van der Waals surface area contributed by atoms with E-state index in [4.69, 9.17) is 15.5 Å². The number of anilines is 4. The fourth-order valence-electron chi connectivity index (χ4n) is 3.87. The van der Waals surface area contributed by atoms with Gasteiger partial charge in [-0.25, -0.2) is 19.9 Å². The molecule has 0 aromatic carbocycles. The van der Waals surface area contributed by atoms with Gasteiger partial charge in [-0.3, -0.25) is 9.97 Å². The topological polar surface area (TPSA) is 131 Å². The summed E-state index contributed by atoms with van der Waals surface area (Å²) in [6.07, 6.45) is 7.08. The summed E-state index contributed by atoms with van der Waals surface area (Å²) in [6, 6.07) is 38.5. The molecule has 6 heterocycles. The zero-order valence-electron chi connectivity index (χ0n) is 34.7. The third-order valence-electron chi connectivity index (χ3n) is 6.00. The van der Waals surface area contributed by atoms with Gasteiger partial charge in [-0.05, 0) is 72.8 Å². The van der Waals surface area contributed by atoms with E-state index in [0.717, 1.165) is 46.0 Å². The number of hydrogen-bond acceptors (Lipinski definition) is 10. The number of rotatable bonds is 6. The number of pyridine rings is 6. The van der Waals surface area contributed by atoms with E-state index < -0.39 is 23.4 Å². The van der Waals surface area contributed by atoms with Crippen molar-refractivity contribution in [3.05, 3.63) is 134 Å². The number of nitriles is 2. The molecule has 68 heavy (non-hydrogen) atoms. The van der Waals surface area contributed by atoms with Crippen molar-refractivity contribution < 1.29 is 92.9 Å². The van der Waals surface area contributed by atoms with Gasteiger partial charge >= 0.3 is 116 Å². The van der Waals surface area contributed by atoms with E-state index in [1.807, 2.05) is 133 Å². The normalized spacial score (nSPS) is 13.4. The largest absolute Gasteiger partial charge is 3.00 e. The van der Waals surface area contributed by atoms with Gasteiger partial charge in [0.25, 0.3) is 0 Å². The molecule has 0 saturated heterocycles. The van der Waals surface area contributed by atoms with Crippen molar-refractivity contribution in [3.63, 3.8) is 0 Å². The van der Waals surface area contributed by atoms with Crippen molar-refractivity contribution in [1.29, 1.82) is 10.5 Å². The summed E-state index contributed by atoms with van der Waals surface area (Å²) in [5.41, 5.74) is 3.46. The molecule has 1 radical (unpaired) electrons. The Bertz CT molecular complexity index is 2300. The molecule has 0 amide bonds. The Balaban J connectivity index is 0. The van der Waals surface area contributed by atoms with E-state index in [-0.39, 0.29) is 17.4 Å². The third kappa shape index (κ3) is 42.7. The molecule has 0 aliphatic heterocycles. The zero-order chi connectivity index (χ0) is 52.2. The van der Waals surface area contributed by atoms with Crippen LogP contribution < -0.4 is 9.80 Å². The maximum atomic E-state index is 9.87. The molecule has 0 bridgehead atoms. The van der Waals surface area contributed by atoms with Crippen LogP contribution in [0.1, 0.15) is 13.8 Å². The van der Waals surface area contributed by atoms with E-state index in [9.17, 15) is 75.5 Å². The molecule has 0 saturated carbocycles. The van der Waals surface area contributed by atoms with Crippen molar-refractivity contribution in [2.24, 2.45) is 0 Å². The van der Waals surface area contributed by atoms with E-state index in [0.29, 0.717) is 0 Å². The number of hydrogen-bond donors (Lipinski definition) is 0. The van der Waals surface area contributed by atoms with Gasteiger partial charge in [-0.2, -0.15) is 10.5 Å². The zero-order valence-corrected chi connectivity index (χ0v) is 38.7. The molecule has 0 N–H and O–H groups in total. The molecular weight excluding hydrogens is 1060 g/mol. The second-order valence-electron chi connectivity index (χ2n) is 12.0. The summed E-state index contributed by atoms with van der Waals surface area (Å²) in [5, 5.41) is 14.6. The van der Waals surface area contributed by atoms with E-state index in [2.05, 4.69) is 24.9 Å². The Morgan fingerprint density at radius 2 is 0.574 bits per heavy atom. The first-order chi connectivity index (χ1) is 29.9. The second-order valence-corrected chi connectivity index (χ2v) is 17.8. The van der Waals surface area contributed by atoms with E-state index in [1.165, 1.54) is 13.8 Å². The molecule has 0 spiro atoms. The molecule has 0 atom stereocenters. The average molecular weight is 1090 g/mol. The monoisotopic (exact) mass is 1090 g/mol. The fraction of sp³-hybridized carbons (Fsp3) is 0.111. The SMILES string of the molecule is CC#N.CC#N.CN(c1ccccn1)c1cccc(N(C)c2ccccn2)n1.F[P-](F)(F)(F)(F)F.F[P-](F)(F)(F)(F)F.F[P-](F)(F)(F)(F)F.[Cr+3].c1ccc(-c2cccc(-c3ccccn3)n2)nc1. The van der Waals surface area contributed by atoms with Crippen molar-refractivity contribution in [2.45, 2.75) is 13.8 Å². The molecule has 0 aliphatic rings. The number of halogens is 18. The van der Waals surface area contributed by atoms with Crippen LogP contribution in [0.4, 0.5) is 98.8 Å². The first kappa shape index (κ1) is 64.1. The van der Waals surface area contributed by atoms with Gasteiger partial charge in [0, 0.05) is 52.7 Å². The molecule has 0 unspecified atom stereocenters. The Morgan fingerprint density at radius 3 is 0.809 bits per heavy atom. The standard InChI is InChI=1S/C17H17N5.C15H11N3.2C2H3N.Cr.3F6P/c1-21(14-8-3-5-12-18-14)16-10-7-11-17(20-16)22(2)15-9-4-6-13-19-15;1-3-10-16-12(6-1)14-8-5-9-15(18-14)13-7-2-4-11-17-13;2*1-2-3;;3*1-7(2,3,4,5)6/h3-13H,1-2H3;1-11H;2*1H3;;;;/q;;;;+3;3*-1. The number of aromatic nitrogens is 6. The quantitative estimate of drug-likeness (QED) is 0.117. The maximum Gasteiger partial charge on any atom is 3.00 e. The summed E-state index contributed by atoms with van der Waals surface area (Å²) in [7, 11) is -28.1. The Hall–Kier alpha value is -5.96. The maximum absolute atomic E-state index is 10.7. The minimum atomic E-state index is -10.7. The Morgan fingerprint density at radius 1 is 0.353 bits per heavy atom. The molecule has 0 aliphatic carbocycles. The molecule has 10 nitrogen and oxygen atoms in total. The van der Waals surface area contributed by atoms with Crippen LogP contribution in [-0.2, 0) is 17.4 Å². The van der Waals surface area contributed by atoms with Crippen molar-refractivity contribution in [2.75, 3.05) is 23.9 Å². The van der Waals surface area contributed by atoms with Gasteiger partial charge < -0.3 is 9.80 Å². The van der Waals surface area contributed by atoms with Crippen molar-refractivity contribution in [3.8, 4) is 34.9 Å². The van der Waals surface area contributed by atoms with Gasteiger partial charge in [0.2, 0.25) is 0 Å². The van der Waals surface area contributed by atoms with Gasteiger partial charge in [-0.1, -0.05) is 36.4 Å². The van der Waals surface area contributed by atoms with Crippen LogP contribution in [0.2, 0.25) is 0 Å². The van der Waals surface area contributed by atoms with Gasteiger partial charge in [0.15, 0.2) is 0 Å². The summed E-state index contributed by atoms with van der Waals surface area (Å²) in [6.45, 7) is 2.86. The molecule has 6 aromatic rings. The summed E-state index contributed by atoms with van der Waals surface area (Å²) >= 11 is 0. The summed E-state index contributed by atoms with van der Waals surface area (Å²) in [5.74, 6) is 3.37.